The van der Waals surface area contributed by atoms with Crippen molar-refractivity contribution >= 4 is 28.5 Å². The zero-order valence-corrected chi connectivity index (χ0v) is 17.3. The average Bonchev–Trinajstić information content (AvgIpc) is 2.99. The van der Waals surface area contributed by atoms with Crippen LogP contribution in [-0.4, -0.2) is 45.9 Å². The molecule has 0 aliphatic rings. The van der Waals surface area contributed by atoms with E-state index in [-0.39, 0.29) is 16.8 Å². The highest BCUT2D eigenvalue weighted by Gasteiger charge is 2.28. The van der Waals surface area contributed by atoms with Gasteiger partial charge in [-0.2, -0.15) is 0 Å². The smallest absolute Gasteiger partial charge is 0.340 e. The fourth-order valence-corrected chi connectivity index (χ4v) is 3.81. The molecule has 0 amide bonds. The lowest BCUT2D eigenvalue weighted by Gasteiger charge is -2.14. The van der Waals surface area contributed by atoms with Gasteiger partial charge in [0, 0.05) is 11.4 Å². The molecule has 0 fully saturated rings. The second kappa shape index (κ2) is 8.97. The number of hydrogen-bond donors (Lipinski definition) is 1. The maximum Gasteiger partial charge on any atom is 0.340 e. The summed E-state index contributed by atoms with van der Waals surface area (Å²) in [6.07, 6.45) is -1.10. The van der Waals surface area contributed by atoms with Gasteiger partial charge < -0.3 is 14.5 Å². The Morgan fingerprint density at radius 1 is 1.14 bits per heavy atom. The summed E-state index contributed by atoms with van der Waals surface area (Å²) in [7, 11) is -0.0755. The fourth-order valence-electron chi connectivity index (χ4n) is 2.87. The highest BCUT2D eigenvalue weighted by molar-refractivity contribution is 7.85. The van der Waals surface area contributed by atoms with Crippen molar-refractivity contribution in [1.29, 1.82) is 0 Å². The minimum absolute atomic E-state index is 0.164. The predicted molar refractivity (Wildman–Crippen MR) is 104 cm³/mol. The number of aromatic amines is 1. The standard InChI is InChI=1S/C20H23NO6S/c1-6-28(25)15-10-8-7-9-14(15)19(23)27-13(4)18(22)17-11(2)16(12(3)21-17)20(24)26-5/h7-10,13,21H,6H2,1-5H3/t13-,28-/m1/s1. The van der Waals surface area contributed by atoms with Crippen molar-refractivity contribution in [1.82, 2.24) is 4.98 Å². The van der Waals surface area contributed by atoms with Gasteiger partial charge in [0.1, 0.15) is 0 Å². The van der Waals surface area contributed by atoms with E-state index in [4.69, 9.17) is 9.47 Å². The van der Waals surface area contributed by atoms with Crippen LogP contribution in [-0.2, 0) is 20.3 Å². The van der Waals surface area contributed by atoms with Crippen LogP contribution in [0.25, 0.3) is 0 Å². The number of aromatic nitrogens is 1. The van der Waals surface area contributed by atoms with Crippen molar-refractivity contribution in [3.63, 3.8) is 0 Å². The largest absolute Gasteiger partial charge is 0.465 e. The Balaban J connectivity index is 2.26. The SMILES string of the molecule is CC[S@@](=O)c1ccccc1C(=O)O[C@H](C)C(=O)c1[nH]c(C)c(C(=O)OC)c1C. The van der Waals surface area contributed by atoms with Gasteiger partial charge in [-0.25, -0.2) is 9.59 Å². The van der Waals surface area contributed by atoms with Crippen LogP contribution in [0.3, 0.4) is 0 Å². The van der Waals surface area contributed by atoms with Crippen LogP contribution in [0.15, 0.2) is 29.2 Å². The molecule has 0 aliphatic heterocycles. The molecule has 8 heteroatoms. The Labute approximate surface area is 165 Å². The number of aryl methyl sites for hydroxylation is 1. The number of nitrogens with one attached hydrogen (secondary N) is 1. The van der Waals surface area contributed by atoms with E-state index in [0.717, 1.165) is 0 Å². The van der Waals surface area contributed by atoms with Crippen molar-refractivity contribution in [3.8, 4) is 0 Å². The van der Waals surface area contributed by atoms with Crippen molar-refractivity contribution in [2.24, 2.45) is 0 Å². The summed E-state index contributed by atoms with van der Waals surface area (Å²) in [5.41, 5.74) is 1.56. The van der Waals surface area contributed by atoms with Crippen molar-refractivity contribution < 1.29 is 28.1 Å². The second-order valence-electron chi connectivity index (χ2n) is 6.16. The Kier molecular flexibility index (Phi) is 6.90. The number of hydrogen-bond acceptors (Lipinski definition) is 6. The van der Waals surface area contributed by atoms with Crippen LogP contribution in [0.4, 0.5) is 0 Å². The lowest BCUT2D eigenvalue weighted by Crippen LogP contribution is -2.26. The summed E-state index contributed by atoms with van der Waals surface area (Å²) in [5, 5.41) is 0. The van der Waals surface area contributed by atoms with Gasteiger partial charge in [0.05, 0.1) is 39.6 Å². The van der Waals surface area contributed by atoms with Gasteiger partial charge in [-0.1, -0.05) is 19.1 Å². The molecule has 2 atom stereocenters. The molecular formula is C20H23NO6S. The van der Waals surface area contributed by atoms with Gasteiger partial charge in [0.2, 0.25) is 5.78 Å². The van der Waals surface area contributed by atoms with Gasteiger partial charge >= 0.3 is 11.9 Å². The molecule has 0 radical (unpaired) electrons. The number of Topliss-reactive ketones (excluding diaryl/α,β-unsaturated/α-hetero) is 1. The number of carbonyl (C=O) groups excluding carboxylic acids is 3. The normalized spacial score (nSPS) is 12.9. The van der Waals surface area contributed by atoms with Crippen LogP contribution >= 0.6 is 0 Å². The van der Waals surface area contributed by atoms with E-state index in [1.165, 1.54) is 20.1 Å². The average molecular weight is 405 g/mol. The van der Waals surface area contributed by atoms with Gasteiger partial charge in [-0.15, -0.1) is 0 Å². The summed E-state index contributed by atoms with van der Waals surface area (Å²) in [6, 6.07) is 6.44. The first-order valence-electron chi connectivity index (χ1n) is 8.72. The summed E-state index contributed by atoms with van der Waals surface area (Å²) in [6.45, 7) is 6.48. The fraction of sp³-hybridized carbons (Fsp3) is 0.350. The second-order valence-corrected chi connectivity index (χ2v) is 7.87. The molecule has 7 nitrogen and oxygen atoms in total. The van der Waals surface area contributed by atoms with Crippen LogP contribution < -0.4 is 0 Å². The topological polar surface area (TPSA) is 103 Å². The van der Waals surface area contributed by atoms with E-state index in [1.54, 1.807) is 39.0 Å². The highest BCUT2D eigenvalue weighted by atomic mass is 32.2. The van der Waals surface area contributed by atoms with E-state index < -0.39 is 34.6 Å². The number of methoxy groups -OCH3 is 1. The number of carbonyl (C=O) groups is 3. The molecule has 2 rings (SSSR count). The molecule has 1 heterocycles. The van der Waals surface area contributed by atoms with Crippen LogP contribution in [0.2, 0.25) is 0 Å². The Morgan fingerprint density at radius 2 is 1.79 bits per heavy atom. The first-order chi connectivity index (χ1) is 13.2. The number of ether oxygens (including phenoxy) is 2. The summed E-state index contributed by atoms with van der Waals surface area (Å²) in [5.74, 6) is -1.40. The molecule has 0 saturated heterocycles. The van der Waals surface area contributed by atoms with Crippen molar-refractivity contribution in [2.45, 2.75) is 38.7 Å². The van der Waals surface area contributed by atoms with E-state index >= 15 is 0 Å². The Hall–Kier alpha value is -2.74. The number of H-pyrrole nitrogens is 1. The third kappa shape index (κ3) is 4.22. The highest BCUT2D eigenvalue weighted by Crippen LogP contribution is 2.22. The lowest BCUT2D eigenvalue weighted by molar-refractivity contribution is 0.0313. The van der Waals surface area contributed by atoms with Crippen LogP contribution in [0, 0.1) is 13.8 Å². The van der Waals surface area contributed by atoms with Gasteiger partial charge in [0.15, 0.2) is 6.10 Å². The number of rotatable bonds is 7. The lowest BCUT2D eigenvalue weighted by atomic mass is 10.1. The van der Waals surface area contributed by atoms with Gasteiger partial charge in [-0.05, 0) is 38.5 Å². The van der Waals surface area contributed by atoms with Crippen LogP contribution in [0.5, 0.6) is 0 Å². The molecule has 1 aromatic carbocycles. The van der Waals surface area contributed by atoms with Crippen LogP contribution in [0.1, 0.15) is 56.3 Å². The zero-order valence-electron chi connectivity index (χ0n) is 16.5. The number of ketones is 1. The van der Waals surface area contributed by atoms with Crippen molar-refractivity contribution in [3.05, 3.63) is 52.3 Å². The maximum atomic E-state index is 12.8. The van der Waals surface area contributed by atoms with Gasteiger partial charge in [0.25, 0.3) is 0 Å². The predicted octanol–water partition coefficient (Wildman–Crippen LogP) is 2.97. The molecule has 0 saturated carbocycles. The molecular weight excluding hydrogens is 382 g/mol. The molecule has 28 heavy (non-hydrogen) atoms. The monoisotopic (exact) mass is 405 g/mol. The molecule has 0 aliphatic carbocycles. The molecule has 0 spiro atoms. The van der Waals surface area contributed by atoms with E-state index in [0.29, 0.717) is 21.9 Å². The zero-order chi connectivity index (χ0) is 21.0. The first kappa shape index (κ1) is 21.6. The molecule has 1 aromatic heterocycles. The minimum Gasteiger partial charge on any atom is -0.465 e. The summed E-state index contributed by atoms with van der Waals surface area (Å²) in [4.78, 5) is 40.4. The molecule has 1 N–H and O–H groups in total. The Bertz CT molecular complexity index is 946. The summed E-state index contributed by atoms with van der Waals surface area (Å²) >= 11 is 0. The molecule has 0 unspecified atom stereocenters. The number of benzene rings is 1. The minimum atomic E-state index is -1.34. The van der Waals surface area contributed by atoms with Crippen molar-refractivity contribution in [2.75, 3.05) is 12.9 Å². The summed E-state index contributed by atoms with van der Waals surface area (Å²) < 4.78 is 22.2. The van der Waals surface area contributed by atoms with E-state index in [1.807, 2.05) is 0 Å². The van der Waals surface area contributed by atoms with Gasteiger partial charge in [-0.3, -0.25) is 9.00 Å². The third-order valence-electron chi connectivity index (χ3n) is 4.34. The van der Waals surface area contributed by atoms with E-state index in [2.05, 4.69) is 4.98 Å². The number of esters is 2. The van der Waals surface area contributed by atoms with E-state index in [9.17, 15) is 18.6 Å². The quantitative estimate of drug-likeness (QED) is 0.561. The maximum absolute atomic E-state index is 12.8. The Morgan fingerprint density at radius 3 is 2.39 bits per heavy atom. The first-order valence-corrected chi connectivity index (χ1v) is 10.0. The molecule has 0 bridgehead atoms. The molecule has 150 valence electrons. The third-order valence-corrected chi connectivity index (χ3v) is 5.71. The molecule has 2 aromatic rings.